The zero-order chi connectivity index (χ0) is 35.1. The molecular weight excluding hydrogens is 658 g/mol. The van der Waals surface area contributed by atoms with Gasteiger partial charge in [-0.05, 0) is 117 Å². The van der Waals surface area contributed by atoms with Gasteiger partial charge in [0.1, 0.15) is 17.7 Å². The van der Waals surface area contributed by atoms with Crippen molar-refractivity contribution in [2.75, 3.05) is 32.7 Å². The van der Waals surface area contributed by atoms with E-state index in [2.05, 4.69) is 15.2 Å². The minimum Gasteiger partial charge on any atom is -0.385 e. The van der Waals surface area contributed by atoms with Gasteiger partial charge in [-0.1, -0.05) is 48.0 Å². The molecule has 2 N–H and O–H groups in total. The van der Waals surface area contributed by atoms with Crippen LogP contribution in [0.1, 0.15) is 72.0 Å². The van der Waals surface area contributed by atoms with Crippen LogP contribution in [-0.4, -0.2) is 70.5 Å². The molecule has 1 aromatic heterocycles. The van der Waals surface area contributed by atoms with Gasteiger partial charge < -0.3 is 20.2 Å². The van der Waals surface area contributed by atoms with Gasteiger partial charge in [0.2, 0.25) is 5.91 Å². The summed E-state index contributed by atoms with van der Waals surface area (Å²) in [5, 5.41) is 15.2. The quantitative estimate of drug-likeness (QED) is 0.178. The van der Waals surface area contributed by atoms with Crippen molar-refractivity contribution < 1.29 is 23.5 Å². The number of halogens is 3. The van der Waals surface area contributed by atoms with E-state index < -0.39 is 17.1 Å². The first-order valence-corrected chi connectivity index (χ1v) is 17.8. The molecule has 0 radical (unpaired) electrons. The number of nitrogens with one attached hydrogen (secondary N) is 1. The third-order valence-corrected chi connectivity index (χ3v) is 10.7. The van der Waals surface area contributed by atoms with Gasteiger partial charge in [0.05, 0.1) is 11.2 Å². The molecule has 2 aliphatic heterocycles. The van der Waals surface area contributed by atoms with Crippen molar-refractivity contribution in [3.05, 3.63) is 136 Å². The molecule has 1 unspecified atom stereocenters. The van der Waals surface area contributed by atoms with Gasteiger partial charge in [-0.15, -0.1) is 0 Å². The molecule has 2 saturated heterocycles. The van der Waals surface area contributed by atoms with Gasteiger partial charge in [-0.3, -0.25) is 14.6 Å². The fourth-order valence-electron chi connectivity index (χ4n) is 7.54. The summed E-state index contributed by atoms with van der Waals surface area (Å²) in [7, 11) is 0. The molecule has 1 atom stereocenters. The number of carbonyl (C=O) groups is 2. The number of aromatic nitrogens is 1. The Balaban J connectivity index is 1.21. The molecule has 3 heterocycles. The lowest BCUT2D eigenvalue weighted by Crippen LogP contribution is -2.54. The van der Waals surface area contributed by atoms with Crippen molar-refractivity contribution in [2.24, 2.45) is 0 Å². The van der Waals surface area contributed by atoms with Crippen molar-refractivity contribution in [3.8, 4) is 0 Å². The SMILES string of the molecule is O=C(NCC(CCCN1CCC(O)(c2ccc(Cl)cc2)CC1)(c1ccc(F)cc1)c1ccc(F)cc1)C1CCCCN1C(=O)c1cccnc1. The average Bonchev–Trinajstić information content (AvgIpc) is 3.15. The first-order chi connectivity index (χ1) is 24.2. The Morgan fingerprint density at radius 3 is 2.14 bits per heavy atom. The topological polar surface area (TPSA) is 85.8 Å². The fraction of sp³-hybridized carbons (Fsp3) is 0.375. The number of nitrogens with zero attached hydrogens (tertiary/aromatic N) is 3. The second-order valence-corrected chi connectivity index (χ2v) is 14.0. The molecule has 2 aliphatic rings. The van der Waals surface area contributed by atoms with Gasteiger partial charge in [0, 0.05) is 49.0 Å². The third kappa shape index (κ3) is 8.06. The van der Waals surface area contributed by atoms with Crippen LogP contribution >= 0.6 is 11.6 Å². The van der Waals surface area contributed by atoms with E-state index in [0.29, 0.717) is 55.9 Å². The van der Waals surface area contributed by atoms with E-state index in [4.69, 9.17) is 11.6 Å². The van der Waals surface area contributed by atoms with Crippen molar-refractivity contribution in [1.82, 2.24) is 20.1 Å². The van der Waals surface area contributed by atoms with Crippen LogP contribution in [0.25, 0.3) is 0 Å². The van der Waals surface area contributed by atoms with Crippen LogP contribution in [-0.2, 0) is 15.8 Å². The predicted octanol–water partition coefficient (Wildman–Crippen LogP) is 6.87. The molecule has 0 bridgehead atoms. The number of carbonyl (C=O) groups excluding carboxylic acids is 2. The molecule has 0 saturated carbocycles. The largest absolute Gasteiger partial charge is 0.385 e. The molecule has 10 heteroatoms. The van der Waals surface area contributed by atoms with E-state index in [0.717, 1.165) is 42.5 Å². The molecule has 7 nitrogen and oxygen atoms in total. The highest BCUT2D eigenvalue weighted by Gasteiger charge is 2.39. The van der Waals surface area contributed by atoms with E-state index in [1.165, 1.54) is 30.5 Å². The first-order valence-electron chi connectivity index (χ1n) is 17.4. The Hall–Kier alpha value is -4.18. The van der Waals surface area contributed by atoms with E-state index >= 15 is 0 Å². The van der Waals surface area contributed by atoms with Crippen LogP contribution in [0.5, 0.6) is 0 Å². The highest BCUT2D eigenvalue weighted by Crippen LogP contribution is 2.38. The van der Waals surface area contributed by atoms with E-state index in [-0.39, 0.29) is 30.0 Å². The zero-order valence-electron chi connectivity index (χ0n) is 28.0. The minimum atomic E-state index is -0.914. The molecule has 3 aromatic carbocycles. The summed E-state index contributed by atoms with van der Waals surface area (Å²) in [6, 6.07) is 22.7. The van der Waals surface area contributed by atoms with Gasteiger partial charge in [-0.25, -0.2) is 8.78 Å². The molecule has 6 rings (SSSR count). The number of likely N-dealkylation sites (tertiary alicyclic amines) is 2. The van der Waals surface area contributed by atoms with Crippen LogP contribution in [0, 0.1) is 11.6 Å². The van der Waals surface area contributed by atoms with E-state index in [1.54, 1.807) is 59.6 Å². The highest BCUT2D eigenvalue weighted by atomic mass is 35.5. The van der Waals surface area contributed by atoms with Crippen LogP contribution in [0.2, 0.25) is 5.02 Å². The van der Waals surface area contributed by atoms with E-state index in [1.807, 2.05) is 12.1 Å². The number of benzene rings is 3. The summed E-state index contributed by atoms with van der Waals surface area (Å²) in [6.45, 7) is 2.79. The Kier molecular flexibility index (Phi) is 11.3. The van der Waals surface area contributed by atoms with Crippen molar-refractivity contribution in [1.29, 1.82) is 0 Å². The van der Waals surface area contributed by atoms with E-state index in [9.17, 15) is 23.5 Å². The molecule has 0 aliphatic carbocycles. The zero-order valence-corrected chi connectivity index (χ0v) is 28.8. The Morgan fingerprint density at radius 1 is 0.900 bits per heavy atom. The summed E-state index contributed by atoms with van der Waals surface area (Å²) in [5.41, 5.74) is 1.17. The maximum absolute atomic E-state index is 14.3. The van der Waals surface area contributed by atoms with Crippen molar-refractivity contribution >= 4 is 23.4 Å². The molecule has 0 spiro atoms. The number of rotatable bonds is 11. The van der Waals surface area contributed by atoms with Gasteiger partial charge in [0.25, 0.3) is 5.91 Å². The number of aliphatic hydroxyl groups is 1. The minimum absolute atomic E-state index is 0.171. The number of piperidine rings is 2. The summed E-state index contributed by atoms with van der Waals surface area (Å²) < 4.78 is 28.5. The highest BCUT2D eigenvalue weighted by molar-refractivity contribution is 6.30. The van der Waals surface area contributed by atoms with Gasteiger partial charge in [0.15, 0.2) is 0 Å². The normalized spacial score (nSPS) is 18.1. The number of pyridine rings is 1. The van der Waals surface area contributed by atoms with Gasteiger partial charge in [-0.2, -0.15) is 0 Å². The summed E-state index contributed by atoms with van der Waals surface area (Å²) in [4.78, 5) is 35.5. The monoisotopic (exact) mass is 700 g/mol. The Bertz CT molecular complexity index is 1690. The Morgan fingerprint density at radius 2 is 1.54 bits per heavy atom. The lowest BCUT2D eigenvalue weighted by Gasteiger charge is -2.40. The van der Waals surface area contributed by atoms with Crippen LogP contribution < -0.4 is 5.32 Å². The second kappa shape index (κ2) is 15.8. The predicted molar refractivity (Wildman–Crippen MR) is 190 cm³/mol. The number of hydrogen-bond donors (Lipinski definition) is 2. The molecular formula is C40H43ClF2N4O3. The lowest BCUT2D eigenvalue weighted by atomic mass is 9.71. The molecule has 50 heavy (non-hydrogen) atoms. The van der Waals surface area contributed by atoms with Crippen LogP contribution in [0.15, 0.2) is 97.3 Å². The van der Waals surface area contributed by atoms with Gasteiger partial charge >= 0.3 is 0 Å². The lowest BCUT2D eigenvalue weighted by molar-refractivity contribution is -0.126. The van der Waals surface area contributed by atoms with Crippen LogP contribution in [0.4, 0.5) is 8.78 Å². The summed E-state index contributed by atoms with van der Waals surface area (Å²) in [6.07, 6.45) is 7.74. The standard InChI is InChI=1S/C40H43ClF2N4O3/c41-33-13-7-32(8-14-33)40(50)20-25-46(26-21-40)23-4-19-39(30-9-15-34(42)16-10-30,31-11-17-35(43)18-12-31)28-45-37(48)36-6-1-2-24-47(36)38(49)29-5-3-22-44-27-29/h3,5,7-18,22,27,36,50H,1-2,4,6,19-21,23-26,28H2,(H,45,48). The smallest absolute Gasteiger partial charge is 0.256 e. The summed E-state index contributed by atoms with van der Waals surface area (Å²) >= 11 is 6.07. The van der Waals surface area contributed by atoms with Crippen molar-refractivity contribution in [3.63, 3.8) is 0 Å². The second-order valence-electron chi connectivity index (χ2n) is 13.5. The summed E-state index contributed by atoms with van der Waals surface area (Å²) in [5.74, 6) is -1.24. The van der Waals surface area contributed by atoms with Crippen LogP contribution in [0.3, 0.4) is 0 Å². The molecule has 2 fully saturated rings. The molecule has 4 aromatic rings. The Labute approximate surface area is 297 Å². The average molecular weight is 701 g/mol. The third-order valence-electron chi connectivity index (χ3n) is 10.5. The molecule has 262 valence electrons. The number of hydrogen-bond acceptors (Lipinski definition) is 5. The number of amides is 2. The maximum Gasteiger partial charge on any atom is 0.256 e. The molecule has 2 amide bonds. The van der Waals surface area contributed by atoms with Crippen molar-refractivity contribution in [2.45, 2.75) is 62.0 Å². The fourth-order valence-corrected chi connectivity index (χ4v) is 7.67. The first kappa shape index (κ1) is 35.6. The maximum atomic E-state index is 14.3.